The number of nitrogens with zero attached hydrogens (tertiary/aromatic N) is 2. The molecule has 0 spiro atoms. The molecule has 0 aliphatic rings. The van der Waals surface area contributed by atoms with Crippen molar-refractivity contribution in [3.05, 3.63) is 36.5 Å². The van der Waals surface area contributed by atoms with Crippen LogP contribution < -0.4 is 5.32 Å². The molecular formula is C17H21N3O4. The monoisotopic (exact) mass is 331 g/mol. The second-order valence-corrected chi connectivity index (χ2v) is 5.59. The first kappa shape index (κ1) is 17.5. The van der Waals surface area contributed by atoms with Gasteiger partial charge in [-0.1, -0.05) is 18.2 Å². The van der Waals surface area contributed by atoms with Gasteiger partial charge in [-0.05, 0) is 24.4 Å². The standard InChI is InChI=1S/C17H21N3O4/c1-12(17(23)24)20(10-8-18-13(2)21)16(22)11-19-9-7-14-5-3-4-6-15(14)19/h3-7,9,12H,8,10-11H2,1-2H3,(H,18,21)(H,23,24). The Labute approximate surface area is 139 Å². The van der Waals surface area contributed by atoms with Crippen LogP contribution in [0.25, 0.3) is 10.9 Å². The quantitative estimate of drug-likeness (QED) is 0.794. The number of aromatic nitrogens is 1. The maximum Gasteiger partial charge on any atom is 0.326 e. The van der Waals surface area contributed by atoms with E-state index in [1.807, 2.05) is 30.3 Å². The number of fused-ring (bicyclic) bond motifs is 1. The van der Waals surface area contributed by atoms with Gasteiger partial charge in [0.15, 0.2) is 0 Å². The molecule has 1 heterocycles. The Morgan fingerprint density at radius 1 is 1.25 bits per heavy atom. The summed E-state index contributed by atoms with van der Waals surface area (Å²) >= 11 is 0. The fourth-order valence-corrected chi connectivity index (χ4v) is 2.54. The van der Waals surface area contributed by atoms with Crippen molar-refractivity contribution >= 4 is 28.7 Å². The molecule has 2 aromatic rings. The van der Waals surface area contributed by atoms with Gasteiger partial charge in [0.1, 0.15) is 12.6 Å². The highest BCUT2D eigenvalue weighted by Gasteiger charge is 2.25. The Morgan fingerprint density at radius 2 is 1.96 bits per heavy atom. The van der Waals surface area contributed by atoms with Crippen LogP contribution in [0.2, 0.25) is 0 Å². The predicted molar refractivity (Wildman–Crippen MR) is 89.4 cm³/mol. The molecule has 2 amide bonds. The molecule has 1 aromatic carbocycles. The van der Waals surface area contributed by atoms with Gasteiger partial charge in [0, 0.05) is 31.7 Å². The highest BCUT2D eigenvalue weighted by Crippen LogP contribution is 2.15. The van der Waals surface area contributed by atoms with Gasteiger partial charge in [-0.25, -0.2) is 4.79 Å². The van der Waals surface area contributed by atoms with Gasteiger partial charge in [0.25, 0.3) is 0 Å². The lowest BCUT2D eigenvalue weighted by Crippen LogP contribution is -2.47. The Bertz CT molecular complexity index is 753. The molecule has 2 N–H and O–H groups in total. The average molecular weight is 331 g/mol. The summed E-state index contributed by atoms with van der Waals surface area (Å²) in [6.45, 7) is 3.24. The minimum Gasteiger partial charge on any atom is -0.480 e. The maximum atomic E-state index is 12.6. The van der Waals surface area contributed by atoms with Crippen molar-refractivity contribution < 1.29 is 19.5 Å². The van der Waals surface area contributed by atoms with Crippen molar-refractivity contribution in [2.24, 2.45) is 0 Å². The number of benzene rings is 1. The first-order chi connectivity index (χ1) is 11.4. The third kappa shape index (κ3) is 4.13. The van der Waals surface area contributed by atoms with E-state index >= 15 is 0 Å². The largest absolute Gasteiger partial charge is 0.480 e. The molecular weight excluding hydrogens is 310 g/mol. The summed E-state index contributed by atoms with van der Waals surface area (Å²) in [4.78, 5) is 36.1. The summed E-state index contributed by atoms with van der Waals surface area (Å²) in [5.74, 6) is -1.61. The summed E-state index contributed by atoms with van der Waals surface area (Å²) in [7, 11) is 0. The molecule has 128 valence electrons. The van der Waals surface area contributed by atoms with E-state index in [9.17, 15) is 19.5 Å². The van der Waals surface area contributed by atoms with Crippen LogP contribution in [0, 0.1) is 0 Å². The highest BCUT2D eigenvalue weighted by atomic mass is 16.4. The van der Waals surface area contributed by atoms with E-state index in [1.165, 1.54) is 18.7 Å². The van der Waals surface area contributed by atoms with Gasteiger partial charge in [0.05, 0.1) is 0 Å². The molecule has 2 rings (SSSR count). The van der Waals surface area contributed by atoms with Crippen LogP contribution in [0.15, 0.2) is 36.5 Å². The number of carboxylic acid groups (broad SMARTS) is 1. The van der Waals surface area contributed by atoms with E-state index in [0.717, 1.165) is 10.9 Å². The molecule has 0 aliphatic heterocycles. The van der Waals surface area contributed by atoms with Gasteiger partial charge in [-0.3, -0.25) is 9.59 Å². The molecule has 1 unspecified atom stereocenters. The molecule has 7 heteroatoms. The second kappa shape index (κ2) is 7.63. The van der Waals surface area contributed by atoms with Gasteiger partial charge >= 0.3 is 5.97 Å². The molecule has 0 fully saturated rings. The number of carbonyl (C=O) groups excluding carboxylic acids is 2. The zero-order valence-corrected chi connectivity index (χ0v) is 13.7. The molecule has 1 atom stereocenters. The van der Waals surface area contributed by atoms with E-state index < -0.39 is 12.0 Å². The number of amides is 2. The first-order valence-electron chi connectivity index (χ1n) is 7.70. The second-order valence-electron chi connectivity index (χ2n) is 5.59. The van der Waals surface area contributed by atoms with Crippen LogP contribution >= 0.6 is 0 Å². The van der Waals surface area contributed by atoms with Crippen LogP contribution in [0.4, 0.5) is 0 Å². The first-order valence-corrected chi connectivity index (χ1v) is 7.70. The number of hydrogen-bond donors (Lipinski definition) is 2. The lowest BCUT2D eigenvalue weighted by Gasteiger charge is -2.27. The number of para-hydroxylation sites is 1. The van der Waals surface area contributed by atoms with Crippen molar-refractivity contribution in [3.63, 3.8) is 0 Å². The number of aliphatic carboxylic acids is 1. The molecule has 0 bridgehead atoms. The summed E-state index contributed by atoms with van der Waals surface area (Å²) in [5.41, 5.74) is 0.913. The van der Waals surface area contributed by atoms with Crippen LogP contribution in [-0.4, -0.2) is 51.5 Å². The van der Waals surface area contributed by atoms with E-state index in [1.54, 1.807) is 10.8 Å². The van der Waals surface area contributed by atoms with Crippen molar-refractivity contribution in [1.82, 2.24) is 14.8 Å². The number of carbonyl (C=O) groups is 3. The fourth-order valence-electron chi connectivity index (χ4n) is 2.54. The van der Waals surface area contributed by atoms with Crippen molar-refractivity contribution in [3.8, 4) is 0 Å². The SMILES string of the molecule is CC(=O)NCCN(C(=O)Cn1ccc2ccccc21)C(C)C(=O)O. The Kier molecular flexibility index (Phi) is 5.57. The summed E-state index contributed by atoms with van der Waals surface area (Å²) < 4.78 is 1.79. The van der Waals surface area contributed by atoms with Crippen molar-refractivity contribution in [2.75, 3.05) is 13.1 Å². The maximum absolute atomic E-state index is 12.6. The Balaban J connectivity index is 2.14. The van der Waals surface area contributed by atoms with E-state index in [4.69, 9.17) is 0 Å². The van der Waals surface area contributed by atoms with Gasteiger partial charge in [-0.15, -0.1) is 0 Å². The summed E-state index contributed by atoms with van der Waals surface area (Å²) in [6.07, 6.45) is 1.81. The van der Waals surface area contributed by atoms with E-state index in [-0.39, 0.29) is 31.4 Å². The molecule has 0 aliphatic carbocycles. The number of nitrogens with one attached hydrogen (secondary N) is 1. The number of hydrogen-bond acceptors (Lipinski definition) is 3. The smallest absolute Gasteiger partial charge is 0.326 e. The molecule has 0 saturated carbocycles. The number of carboxylic acids is 1. The van der Waals surface area contributed by atoms with Crippen LogP contribution in [0.1, 0.15) is 13.8 Å². The van der Waals surface area contributed by atoms with E-state index in [0.29, 0.717) is 0 Å². The molecule has 1 aromatic heterocycles. The van der Waals surface area contributed by atoms with Gasteiger partial charge < -0.3 is 19.9 Å². The molecule has 24 heavy (non-hydrogen) atoms. The zero-order chi connectivity index (χ0) is 17.7. The molecule has 7 nitrogen and oxygen atoms in total. The fraction of sp³-hybridized carbons (Fsp3) is 0.353. The number of rotatable bonds is 7. The molecule has 0 saturated heterocycles. The molecule has 0 radical (unpaired) electrons. The Morgan fingerprint density at radius 3 is 2.62 bits per heavy atom. The van der Waals surface area contributed by atoms with Gasteiger partial charge in [0.2, 0.25) is 11.8 Å². The normalized spacial score (nSPS) is 11.9. The summed E-state index contributed by atoms with van der Waals surface area (Å²) in [6, 6.07) is 8.60. The van der Waals surface area contributed by atoms with Crippen LogP contribution in [-0.2, 0) is 20.9 Å². The van der Waals surface area contributed by atoms with Gasteiger partial charge in [-0.2, -0.15) is 0 Å². The lowest BCUT2D eigenvalue weighted by molar-refractivity contribution is -0.149. The lowest BCUT2D eigenvalue weighted by atomic mass is 10.2. The topological polar surface area (TPSA) is 91.6 Å². The summed E-state index contributed by atoms with van der Waals surface area (Å²) in [5, 5.41) is 12.8. The van der Waals surface area contributed by atoms with Crippen LogP contribution in [0.5, 0.6) is 0 Å². The minimum atomic E-state index is -1.08. The van der Waals surface area contributed by atoms with Crippen molar-refractivity contribution in [1.29, 1.82) is 0 Å². The third-order valence-electron chi connectivity index (χ3n) is 3.86. The predicted octanol–water partition coefficient (Wildman–Crippen LogP) is 1.08. The minimum absolute atomic E-state index is 0.0468. The average Bonchev–Trinajstić information content (AvgIpc) is 2.93. The van der Waals surface area contributed by atoms with Crippen LogP contribution in [0.3, 0.4) is 0 Å². The highest BCUT2D eigenvalue weighted by molar-refractivity contribution is 5.86. The zero-order valence-electron chi connectivity index (χ0n) is 13.7. The third-order valence-corrected chi connectivity index (χ3v) is 3.86. The Hall–Kier alpha value is -2.83. The van der Waals surface area contributed by atoms with Crippen molar-refractivity contribution in [2.45, 2.75) is 26.4 Å². The van der Waals surface area contributed by atoms with E-state index in [2.05, 4.69) is 5.32 Å².